The van der Waals surface area contributed by atoms with Gasteiger partial charge in [-0.15, -0.1) is 0 Å². The molecule has 0 radical (unpaired) electrons. The van der Waals surface area contributed by atoms with Crippen molar-refractivity contribution in [2.75, 3.05) is 12.3 Å². The first-order valence-electron chi connectivity index (χ1n) is 6.51. The Morgan fingerprint density at radius 3 is 2.53 bits per heavy atom. The molecule has 2 unspecified atom stereocenters. The van der Waals surface area contributed by atoms with Crippen molar-refractivity contribution in [2.24, 2.45) is 11.8 Å². The number of nitrogen functional groups attached to an aromatic ring is 1. The zero-order chi connectivity index (χ0) is 14.0. The summed E-state index contributed by atoms with van der Waals surface area (Å²) in [6.07, 6.45) is 3.69. The highest BCUT2D eigenvalue weighted by Gasteiger charge is 2.23. The number of rotatable bonds is 3. The maximum absolute atomic E-state index is 12.1. The Balaban J connectivity index is 2.00. The molecule has 1 fully saturated rings. The highest BCUT2D eigenvalue weighted by molar-refractivity contribution is 6.39. The minimum absolute atomic E-state index is 0.150. The van der Waals surface area contributed by atoms with E-state index in [4.69, 9.17) is 28.9 Å². The van der Waals surface area contributed by atoms with Gasteiger partial charge in [-0.3, -0.25) is 4.79 Å². The first-order valence-corrected chi connectivity index (χ1v) is 7.27. The Labute approximate surface area is 123 Å². The van der Waals surface area contributed by atoms with Gasteiger partial charge in [0.2, 0.25) is 0 Å². The Morgan fingerprint density at radius 1 is 1.37 bits per heavy atom. The molecule has 0 spiro atoms. The van der Waals surface area contributed by atoms with Gasteiger partial charge < -0.3 is 11.1 Å². The van der Waals surface area contributed by atoms with E-state index in [1.54, 1.807) is 12.1 Å². The molecule has 5 heteroatoms. The standard InChI is InChI=1S/C14H18Cl2N2O/c1-8-3-2-4-9(8)7-18-14(19)10-5-11(15)13(17)12(16)6-10/h5-6,8-9H,2-4,7,17H2,1H3,(H,18,19). The number of benzene rings is 1. The summed E-state index contributed by atoms with van der Waals surface area (Å²) in [5.41, 5.74) is 6.41. The first kappa shape index (κ1) is 14.5. The van der Waals surface area contributed by atoms with Crippen molar-refractivity contribution in [1.29, 1.82) is 0 Å². The van der Waals surface area contributed by atoms with E-state index in [1.165, 1.54) is 19.3 Å². The molecular weight excluding hydrogens is 283 g/mol. The second-order valence-electron chi connectivity index (χ2n) is 5.23. The fraction of sp³-hybridized carbons (Fsp3) is 0.500. The van der Waals surface area contributed by atoms with Crippen molar-refractivity contribution in [3.05, 3.63) is 27.7 Å². The molecule has 1 aromatic carbocycles. The van der Waals surface area contributed by atoms with Gasteiger partial charge in [0.15, 0.2) is 0 Å². The summed E-state index contributed by atoms with van der Waals surface area (Å²) in [5, 5.41) is 3.57. The van der Waals surface area contributed by atoms with Crippen LogP contribution in [0.5, 0.6) is 0 Å². The fourth-order valence-corrected chi connectivity index (χ4v) is 3.05. The third-order valence-corrected chi connectivity index (χ3v) is 4.53. The van der Waals surface area contributed by atoms with Crippen LogP contribution in [0.3, 0.4) is 0 Å². The Hall–Kier alpha value is -0.930. The van der Waals surface area contributed by atoms with Gasteiger partial charge in [0.1, 0.15) is 0 Å². The number of carbonyl (C=O) groups excluding carboxylic acids is 1. The number of hydrogen-bond acceptors (Lipinski definition) is 2. The number of carbonyl (C=O) groups is 1. The summed E-state index contributed by atoms with van der Waals surface area (Å²) >= 11 is 11.8. The second-order valence-corrected chi connectivity index (χ2v) is 6.05. The van der Waals surface area contributed by atoms with Crippen LogP contribution in [0.25, 0.3) is 0 Å². The molecule has 1 aliphatic rings. The largest absolute Gasteiger partial charge is 0.396 e. The van der Waals surface area contributed by atoms with Crippen LogP contribution < -0.4 is 11.1 Å². The molecule has 1 saturated carbocycles. The number of nitrogens with one attached hydrogen (secondary N) is 1. The molecule has 0 bridgehead atoms. The van der Waals surface area contributed by atoms with Gasteiger partial charge in [-0.2, -0.15) is 0 Å². The van der Waals surface area contributed by atoms with Crippen LogP contribution in [0, 0.1) is 11.8 Å². The quantitative estimate of drug-likeness (QED) is 0.836. The maximum atomic E-state index is 12.1. The smallest absolute Gasteiger partial charge is 0.251 e. The van der Waals surface area contributed by atoms with Gasteiger partial charge in [0.05, 0.1) is 15.7 Å². The average molecular weight is 301 g/mol. The molecular formula is C14H18Cl2N2O. The van der Waals surface area contributed by atoms with E-state index >= 15 is 0 Å². The van der Waals surface area contributed by atoms with Crippen LogP contribution in [-0.2, 0) is 0 Å². The zero-order valence-corrected chi connectivity index (χ0v) is 12.4. The molecule has 1 amide bonds. The molecule has 0 saturated heterocycles. The van der Waals surface area contributed by atoms with Gasteiger partial charge >= 0.3 is 0 Å². The van der Waals surface area contributed by atoms with Crippen molar-refractivity contribution < 1.29 is 4.79 Å². The minimum atomic E-state index is -0.150. The molecule has 2 atom stereocenters. The number of nitrogens with two attached hydrogens (primary N) is 1. The Bertz CT molecular complexity index is 467. The third kappa shape index (κ3) is 3.34. The van der Waals surface area contributed by atoms with E-state index < -0.39 is 0 Å². The van der Waals surface area contributed by atoms with Crippen LogP contribution in [0.4, 0.5) is 5.69 Å². The average Bonchev–Trinajstić information content (AvgIpc) is 2.78. The molecule has 1 aromatic rings. The topological polar surface area (TPSA) is 55.1 Å². The van der Waals surface area contributed by atoms with Crippen molar-refractivity contribution in [2.45, 2.75) is 26.2 Å². The molecule has 0 aromatic heterocycles. The SMILES string of the molecule is CC1CCCC1CNC(=O)c1cc(Cl)c(N)c(Cl)c1. The Kier molecular flexibility index (Phi) is 4.58. The third-order valence-electron chi connectivity index (χ3n) is 3.91. The van der Waals surface area contributed by atoms with E-state index in [1.807, 2.05) is 0 Å². The molecule has 104 valence electrons. The van der Waals surface area contributed by atoms with Crippen LogP contribution >= 0.6 is 23.2 Å². The summed E-state index contributed by atoms with van der Waals surface area (Å²) in [6.45, 7) is 2.94. The lowest BCUT2D eigenvalue weighted by molar-refractivity contribution is 0.0944. The lowest BCUT2D eigenvalue weighted by Crippen LogP contribution is -2.30. The maximum Gasteiger partial charge on any atom is 0.251 e. The fourth-order valence-electron chi connectivity index (χ4n) is 2.57. The molecule has 2 rings (SSSR count). The Morgan fingerprint density at radius 2 is 2.00 bits per heavy atom. The van der Waals surface area contributed by atoms with E-state index in [0.29, 0.717) is 39.7 Å². The zero-order valence-electron chi connectivity index (χ0n) is 10.9. The van der Waals surface area contributed by atoms with Gasteiger partial charge in [0, 0.05) is 12.1 Å². The summed E-state index contributed by atoms with van der Waals surface area (Å²) in [6, 6.07) is 3.10. The molecule has 0 aliphatic heterocycles. The normalized spacial score (nSPS) is 22.5. The second kappa shape index (κ2) is 6.02. The van der Waals surface area contributed by atoms with E-state index in [0.717, 1.165) is 0 Å². The molecule has 0 heterocycles. The van der Waals surface area contributed by atoms with Crippen molar-refractivity contribution in [3.8, 4) is 0 Å². The van der Waals surface area contributed by atoms with E-state index in [2.05, 4.69) is 12.2 Å². The summed E-state index contributed by atoms with van der Waals surface area (Å²) < 4.78 is 0. The van der Waals surface area contributed by atoms with Crippen molar-refractivity contribution in [3.63, 3.8) is 0 Å². The number of amides is 1. The first-order chi connectivity index (χ1) is 8.99. The van der Waals surface area contributed by atoms with Crippen molar-refractivity contribution >= 4 is 34.8 Å². The summed E-state index contributed by atoms with van der Waals surface area (Å²) in [4.78, 5) is 12.1. The highest BCUT2D eigenvalue weighted by atomic mass is 35.5. The van der Waals surface area contributed by atoms with Gasteiger partial charge in [-0.05, 0) is 30.4 Å². The summed E-state index contributed by atoms with van der Waals surface area (Å²) in [5.74, 6) is 1.10. The lowest BCUT2D eigenvalue weighted by atomic mass is 9.98. The van der Waals surface area contributed by atoms with Crippen LogP contribution in [0.15, 0.2) is 12.1 Å². The van der Waals surface area contributed by atoms with Crippen LogP contribution in [-0.4, -0.2) is 12.5 Å². The highest BCUT2D eigenvalue weighted by Crippen LogP contribution is 2.31. The number of anilines is 1. The van der Waals surface area contributed by atoms with Crippen LogP contribution in [0.2, 0.25) is 10.0 Å². The predicted octanol–water partition coefficient (Wildman–Crippen LogP) is 3.74. The number of halogens is 2. The predicted molar refractivity (Wildman–Crippen MR) is 79.7 cm³/mol. The van der Waals surface area contributed by atoms with E-state index in [-0.39, 0.29) is 5.91 Å². The minimum Gasteiger partial charge on any atom is -0.396 e. The van der Waals surface area contributed by atoms with Crippen LogP contribution in [0.1, 0.15) is 36.5 Å². The van der Waals surface area contributed by atoms with E-state index in [9.17, 15) is 4.79 Å². The molecule has 3 N–H and O–H groups in total. The summed E-state index contributed by atoms with van der Waals surface area (Å²) in [7, 11) is 0. The van der Waals surface area contributed by atoms with Gasteiger partial charge in [-0.1, -0.05) is 43.0 Å². The van der Waals surface area contributed by atoms with Crippen molar-refractivity contribution in [1.82, 2.24) is 5.32 Å². The number of hydrogen-bond donors (Lipinski definition) is 2. The monoisotopic (exact) mass is 300 g/mol. The van der Waals surface area contributed by atoms with Gasteiger partial charge in [-0.25, -0.2) is 0 Å². The van der Waals surface area contributed by atoms with Gasteiger partial charge in [0.25, 0.3) is 5.91 Å². The molecule has 3 nitrogen and oxygen atoms in total. The lowest BCUT2D eigenvalue weighted by Gasteiger charge is -2.16. The molecule has 1 aliphatic carbocycles. The molecule has 19 heavy (non-hydrogen) atoms.